The van der Waals surface area contributed by atoms with Crippen LogP contribution >= 0.6 is 0 Å². The molecule has 0 saturated carbocycles. The maximum atomic E-state index is 12.5. The van der Waals surface area contributed by atoms with Crippen LogP contribution in [-0.4, -0.2) is 40.7 Å². The third-order valence-electron chi connectivity index (χ3n) is 4.13. The summed E-state index contributed by atoms with van der Waals surface area (Å²) in [5.74, 6) is -0.0480. The zero-order valence-electron chi connectivity index (χ0n) is 13.0. The lowest BCUT2D eigenvalue weighted by Crippen LogP contribution is -2.46. The van der Waals surface area contributed by atoms with Gasteiger partial charge in [-0.2, -0.15) is 8.78 Å². The van der Waals surface area contributed by atoms with Crippen LogP contribution in [0.25, 0.3) is 0 Å². The first-order valence-corrected chi connectivity index (χ1v) is 7.40. The third-order valence-corrected chi connectivity index (χ3v) is 4.13. The van der Waals surface area contributed by atoms with Gasteiger partial charge in [0.1, 0.15) is 5.75 Å². The van der Waals surface area contributed by atoms with E-state index in [0.29, 0.717) is 25.2 Å². The van der Waals surface area contributed by atoms with Crippen LogP contribution in [0, 0.1) is 22.0 Å². The summed E-state index contributed by atoms with van der Waals surface area (Å²) >= 11 is 0. The Morgan fingerprint density at radius 2 is 2.00 bits per heavy atom. The fraction of sp³-hybridized carbons (Fsp3) is 0.600. The highest BCUT2D eigenvalue weighted by Crippen LogP contribution is 2.30. The van der Waals surface area contributed by atoms with Crippen molar-refractivity contribution in [3.63, 3.8) is 0 Å². The molecule has 128 valence electrons. The van der Waals surface area contributed by atoms with E-state index in [1.165, 1.54) is 12.1 Å². The summed E-state index contributed by atoms with van der Waals surface area (Å²) in [6, 6.07) is 3.74. The quantitative estimate of drug-likeness (QED) is 0.663. The summed E-state index contributed by atoms with van der Waals surface area (Å²) in [6.45, 7) is 2.39. The lowest BCUT2D eigenvalue weighted by molar-refractivity contribution is -0.385. The number of ether oxygens (including phenoxy) is 1. The standard InChI is InChI=1S/C15H20F2N2O4/c1-9-6-18(7-10(2)14(9)20)8-11-3-4-12(19(21)22)5-13(11)23-15(16)17/h3-5,9-10,14-15,20H,6-8H2,1-2H3/t9-,10+,14?. The lowest BCUT2D eigenvalue weighted by atomic mass is 9.88. The number of aliphatic hydroxyl groups is 1. The first-order chi connectivity index (χ1) is 10.8. The Morgan fingerprint density at radius 3 is 2.52 bits per heavy atom. The van der Waals surface area contributed by atoms with E-state index in [2.05, 4.69) is 4.74 Å². The van der Waals surface area contributed by atoms with E-state index in [4.69, 9.17) is 0 Å². The Balaban J connectivity index is 2.19. The van der Waals surface area contributed by atoms with Crippen LogP contribution in [0.15, 0.2) is 18.2 Å². The minimum atomic E-state index is -3.04. The Kier molecular flexibility index (Phi) is 5.48. The molecule has 0 aliphatic carbocycles. The smallest absolute Gasteiger partial charge is 0.387 e. The maximum Gasteiger partial charge on any atom is 0.387 e. The molecular weight excluding hydrogens is 310 g/mol. The highest BCUT2D eigenvalue weighted by atomic mass is 19.3. The Morgan fingerprint density at radius 1 is 1.39 bits per heavy atom. The number of halogens is 2. The molecular formula is C15H20F2N2O4. The number of likely N-dealkylation sites (tertiary alicyclic amines) is 1. The van der Waals surface area contributed by atoms with Crippen molar-refractivity contribution in [2.24, 2.45) is 11.8 Å². The van der Waals surface area contributed by atoms with Crippen LogP contribution in [-0.2, 0) is 6.54 Å². The summed E-state index contributed by atoms with van der Waals surface area (Å²) < 4.78 is 29.5. The molecule has 1 unspecified atom stereocenters. The topological polar surface area (TPSA) is 75.8 Å². The summed E-state index contributed by atoms with van der Waals surface area (Å²) in [5.41, 5.74) is 0.173. The number of rotatable bonds is 5. The molecule has 1 fully saturated rings. The van der Waals surface area contributed by atoms with Gasteiger partial charge in [-0.1, -0.05) is 13.8 Å². The summed E-state index contributed by atoms with van der Waals surface area (Å²) in [7, 11) is 0. The van der Waals surface area contributed by atoms with Gasteiger partial charge in [0.05, 0.1) is 17.1 Å². The van der Waals surface area contributed by atoms with E-state index < -0.39 is 11.5 Å². The van der Waals surface area contributed by atoms with Gasteiger partial charge in [-0.25, -0.2) is 0 Å². The largest absolute Gasteiger partial charge is 0.434 e. The average Bonchev–Trinajstić information content (AvgIpc) is 2.45. The summed E-state index contributed by atoms with van der Waals surface area (Å²) in [4.78, 5) is 12.2. The number of hydrogen-bond acceptors (Lipinski definition) is 5. The maximum absolute atomic E-state index is 12.5. The van der Waals surface area contributed by atoms with Gasteiger partial charge in [0.2, 0.25) is 0 Å². The number of alkyl halides is 2. The van der Waals surface area contributed by atoms with Crippen LogP contribution < -0.4 is 4.74 Å². The minimum absolute atomic E-state index is 0.0660. The van der Waals surface area contributed by atoms with Crippen LogP contribution in [0.5, 0.6) is 5.75 Å². The Hall–Kier alpha value is -1.80. The molecule has 1 aliphatic rings. The molecule has 0 spiro atoms. The predicted molar refractivity (Wildman–Crippen MR) is 79.3 cm³/mol. The normalized spacial score (nSPS) is 25.6. The second-order valence-electron chi connectivity index (χ2n) is 6.07. The van der Waals surface area contributed by atoms with Gasteiger partial charge in [-0.15, -0.1) is 0 Å². The first-order valence-electron chi connectivity index (χ1n) is 7.40. The zero-order valence-corrected chi connectivity index (χ0v) is 13.0. The van der Waals surface area contributed by atoms with Crippen molar-refractivity contribution < 1.29 is 23.5 Å². The monoisotopic (exact) mass is 330 g/mol. The number of hydrogen-bond donors (Lipinski definition) is 1. The number of aliphatic hydroxyl groups excluding tert-OH is 1. The molecule has 0 radical (unpaired) electrons. The number of piperidine rings is 1. The molecule has 0 amide bonds. The molecule has 1 saturated heterocycles. The third kappa shape index (κ3) is 4.35. The van der Waals surface area contributed by atoms with Crippen LogP contribution in [0.2, 0.25) is 0 Å². The van der Waals surface area contributed by atoms with Crippen molar-refractivity contribution in [2.45, 2.75) is 33.1 Å². The SMILES string of the molecule is C[C@@H]1CN(Cc2ccc([N+](=O)[O-])cc2OC(F)F)C[C@H](C)C1O. The molecule has 6 nitrogen and oxygen atoms in total. The van der Waals surface area contributed by atoms with E-state index in [0.717, 1.165) is 6.07 Å². The fourth-order valence-corrected chi connectivity index (χ4v) is 3.03. The van der Waals surface area contributed by atoms with Crippen molar-refractivity contribution in [1.29, 1.82) is 0 Å². The van der Waals surface area contributed by atoms with Crippen molar-refractivity contribution in [1.82, 2.24) is 4.90 Å². The molecule has 0 bridgehead atoms. The van der Waals surface area contributed by atoms with Crippen LogP contribution in [0.3, 0.4) is 0 Å². The van der Waals surface area contributed by atoms with E-state index in [9.17, 15) is 24.0 Å². The van der Waals surface area contributed by atoms with Gasteiger partial charge >= 0.3 is 6.61 Å². The number of nitro benzene ring substituents is 1. The summed E-state index contributed by atoms with van der Waals surface area (Å²) in [6.07, 6.45) is -0.389. The Bertz CT molecular complexity index is 558. The average molecular weight is 330 g/mol. The van der Waals surface area contributed by atoms with E-state index in [1.54, 1.807) is 0 Å². The van der Waals surface area contributed by atoms with Gasteiger partial charge in [-0.3, -0.25) is 15.0 Å². The van der Waals surface area contributed by atoms with Gasteiger partial charge in [0.15, 0.2) is 0 Å². The molecule has 2 rings (SSSR count). The molecule has 1 heterocycles. The number of nitro groups is 1. The predicted octanol–water partition coefficient (Wildman–Crippen LogP) is 2.64. The molecule has 1 aromatic carbocycles. The first kappa shape index (κ1) is 17.6. The molecule has 23 heavy (non-hydrogen) atoms. The second kappa shape index (κ2) is 7.18. The van der Waals surface area contributed by atoms with E-state index in [-0.39, 0.29) is 29.4 Å². The highest BCUT2D eigenvalue weighted by Gasteiger charge is 2.30. The van der Waals surface area contributed by atoms with Crippen molar-refractivity contribution in [3.05, 3.63) is 33.9 Å². The molecule has 1 aliphatic heterocycles. The lowest BCUT2D eigenvalue weighted by Gasteiger charge is -2.39. The van der Waals surface area contributed by atoms with Crippen LogP contribution in [0.4, 0.5) is 14.5 Å². The second-order valence-corrected chi connectivity index (χ2v) is 6.07. The van der Waals surface area contributed by atoms with Crippen molar-refractivity contribution >= 4 is 5.69 Å². The zero-order chi connectivity index (χ0) is 17.1. The van der Waals surface area contributed by atoms with Crippen molar-refractivity contribution in [2.75, 3.05) is 13.1 Å². The van der Waals surface area contributed by atoms with Crippen LogP contribution in [0.1, 0.15) is 19.4 Å². The minimum Gasteiger partial charge on any atom is -0.434 e. The Labute approximate surface area is 132 Å². The molecule has 1 aromatic rings. The molecule has 8 heteroatoms. The molecule has 0 aromatic heterocycles. The van der Waals surface area contributed by atoms with Gasteiger partial charge < -0.3 is 9.84 Å². The van der Waals surface area contributed by atoms with Gasteiger partial charge in [-0.05, 0) is 17.9 Å². The summed E-state index contributed by atoms with van der Waals surface area (Å²) in [5, 5.41) is 20.8. The van der Waals surface area contributed by atoms with E-state index >= 15 is 0 Å². The van der Waals surface area contributed by atoms with Crippen molar-refractivity contribution in [3.8, 4) is 5.75 Å². The molecule has 3 atom stereocenters. The number of nitrogens with zero attached hydrogens (tertiary/aromatic N) is 2. The number of benzene rings is 1. The highest BCUT2D eigenvalue weighted by molar-refractivity contribution is 5.44. The molecule has 1 N–H and O–H groups in total. The van der Waals surface area contributed by atoms with E-state index in [1.807, 2.05) is 18.7 Å². The van der Waals surface area contributed by atoms with Gasteiger partial charge in [0, 0.05) is 31.3 Å². The number of non-ortho nitro benzene ring substituents is 1. The fourth-order valence-electron chi connectivity index (χ4n) is 3.03. The van der Waals surface area contributed by atoms with Gasteiger partial charge in [0.25, 0.3) is 5.69 Å².